The van der Waals surface area contributed by atoms with Crippen LogP contribution in [0.3, 0.4) is 0 Å². The summed E-state index contributed by atoms with van der Waals surface area (Å²) in [6, 6.07) is 5.52. The van der Waals surface area contributed by atoms with E-state index in [1.165, 1.54) is 0 Å². The Kier molecular flexibility index (Phi) is 2.64. The lowest BCUT2D eigenvalue weighted by molar-refractivity contribution is 0.847. The summed E-state index contributed by atoms with van der Waals surface area (Å²) in [7, 11) is 0. The van der Waals surface area contributed by atoms with Gasteiger partial charge in [-0.2, -0.15) is 5.10 Å². The van der Waals surface area contributed by atoms with Gasteiger partial charge in [0.15, 0.2) is 5.82 Å². The molecule has 0 bridgehead atoms. The van der Waals surface area contributed by atoms with Crippen LogP contribution in [-0.4, -0.2) is 14.8 Å². The topological polar surface area (TPSA) is 68.8 Å². The molecule has 0 saturated carbocycles. The van der Waals surface area contributed by atoms with Crippen LogP contribution in [0.1, 0.15) is 0 Å². The van der Waals surface area contributed by atoms with Crippen LogP contribution in [0.15, 0.2) is 30.6 Å². The van der Waals surface area contributed by atoms with Crippen molar-refractivity contribution in [1.29, 1.82) is 0 Å². The lowest BCUT2D eigenvalue weighted by atomic mass is 10.4. The number of aromatic nitrogens is 3. The van der Waals surface area contributed by atoms with Gasteiger partial charge in [0.2, 0.25) is 0 Å². The minimum Gasteiger partial charge on any atom is -0.308 e. The van der Waals surface area contributed by atoms with Crippen LogP contribution in [0.5, 0.6) is 0 Å². The van der Waals surface area contributed by atoms with E-state index in [9.17, 15) is 0 Å². The van der Waals surface area contributed by atoms with E-state index in [-0.39, 0.29) is 0 Å². The largest absolute Gasteiger partial charge is 0.308 e. The SMILES string of the molecule is NNc1cccc(-n2cc(I)cn2)n1. The van der Waals surface area contributed by atoms with E-state index in [1.54, 1.807) is 16.9 Å². The van der Waals surface area contributed by atoms with Gasteiger partial charge in [0, 0.05) is 6.20 Å². The Morgan fingerprint density at radius 1 is 1.43 bits per heavy atom. The molecule has 6 heteroatoms. The Bertz CT molecular complexity index is 439. The van der Waals surface area contributed by atoms with Gasteiger partial charge in [0.05, 0.1) is 9.77 Å². The fourth-order valence-electron chi connectivity index (χ4n) is 1.06. The number of halogens is 1. The molecule has 0 aromatic carbocycles. The third-order valence-electron chi connectivity index (χ3n) is 1.67. The number of nitrogens with two attached hydrogens (primary N) is 1. The van der Waals surface area contributed by atoms with Crippen LogP contribution in [0.4, 0.5) is 5.82 Å². The third kappa shape index (κ3) is 1.85. The summed E-state index contributed by atoms with van der Waals surface area (Å²) >= 11 is 2.19. The zero-order valence-corrected chi connectivity index (χ0v) is 9.34. The first-order valence-electron chi connectivity index (χ1n) is 3.94. The van der Waals surface area contributed by atoms with Crippen molar-refractivity contribution in [3.05, 3.63) is 34.2 Å². The van der Waals surface area contributed by atoms with Crippen molar-refractivity contribution in [2.45, 2.75) is 0 Å². The first-order chi connectivity index (χ1) is 6.79. The number of nitrogens with one attached hydrogen (secondary N) is 1. The normalized spacial score (nSPS) is 10.1. The molecule has 0 unspecified atom stereocenters. The maximum atomic E-state index is 5.26. The molecule has 2 heterocycles. The van der Waals surface area contributed by atoms with Gasteiger partial charge in [-0.15, -0.1) is 0 Å². The molecule has 0 radical (unpaired) electrons. The number of hydrogen-bond acceptors (Lipinski definition) is 4. The number of rotatable bonds is 2. The molecule has 3 N–H and O–H groups in total. The third-order valence-corrected chi connectivity index (χ3v) is 2.23. The van der Waals surface area contributed by atoms with Crippen molar-refractivity contribution in [1.82, 2.24) is 14.8 Å². The summed E-state index contributed by atoms with van der Waals surface area (Å²) < 4.78 is 2.76. The molecule has 0 amide bonds. The summed E-state index contributed by atoms with van der Waals surface area (Å²) in [4.78, 5) is 4.24. The zero-order valence-electron chi connectivity index (χ0n) is 7.18. The predicted octanol–water partition coefficient (Wildman–Crippen LogP) is 1.16. The molecule has 5 nitrogen and oxygen atoms in total. The molecule has 0 spiro atoms. The highest BCUT2D eigenvalue weighted by Gasteiger charge is 2.00. The van der Waals surface area contributed by atoms with Crippen molar-refractivity contribution >= 4 is 28.4 Å². The molecule has 2 aromatic heterocycles. The summed E-state index contributed by atoms with van der Waals surface area (Å²) in [5.41, 5.74) is 2.49. The van der Waals surface area contributed by atoms with Crippen molar-refractivity contribution in [3.8, 4) is 5.82 Å². The Morgan fingerprint density at radius 3 is 2.93 bits per heavy atom. The highest BCUT2D eigenvalue weighted by atomic mass is 127. The number of hydrogen-bond donors (Lipinski definition) is 2. The van der Waals surface area contributed by atoms with Gasteiger partial charge in [-0.3, -0.25) is 0 Å². The van der Waals surface area contributed by atoms with E-state index >= 15 is 0 Å². The number of nitrogen functional groups attached to an aromatic ring is 1. The molecule has 0 atom stereocenters. The van der Waals surface area contributed by atoms with Crippen molar-refractivity contribution in [2.75, 3.05) is 5.43 Å². The molecule has 2 aromatic rings. The van der Waals surface area contributed by atoms with Crippen LogP contribution in [0.2, 0.25) is 0 Å². The molecular formula is C8H8IN5. The Balaban J connectivity index is 2.41. The predicted molar refractivity (Wildman–Crippen MR) is 61.9 cm³/mol. The fraction of sp³-hybridized carbons (Fsp3) is 0. The minimum atomic E-state index is 0.619. The van der Waals surface area contributed by atoms with Gasteiger partial charge in [-0.05, 0) is 34.7 Å². The standard InChI is InChI=1S/C8H8IN5/c9-6-4-11-14(5-6)8-3-1-2-7(12-8)13-10/h1-5H,10H2,(H,12,13). The quantitative estimate of drug-likeness (QED) is 0.496. The van der Waals surface area contributed by atoms with Gasteiger partial charge < -0.3 is 5.43 Å². The van der Waals surface area contributed by atoms with E-state index < -0.39 is 0 Å². The van der Waals surface area contributed by atoms with Crippen LogP contribution >= 0.6 is 22.6 Å². The maximum Gasteiger partial charge on any atom is 0.155 e. The fourth-order valence-corrected chi connectivity index (χ4v) is 1.45. The minimum absolute atomic E-state index is 0.619. The number of pyridine rings is 1. The number of hydrazine groups is 1. The second kappa shape index (κ2) is 3.93. The zero-order chi connectivity index (χ0) is 9.97. The van der Waals surface area contributed by atoms with E-state index in [2.05, 4.69) is 38.1 Å². The van der Waals surface area contributed by atoms with Gasteiger partial charge in [0.1, 0.15) is 5.82 Å². The first-order valence-corrected chi connectivity index (χ1v) is 5.01. The lowest BCUT2D eigenvalue weighted by Gasteiger charge is -2.02. The van der Waals surface area contributed by atoms with Gasteiger partial charge >= 0.3 is 0 Å². The monoisotopic (exact) mass is 301 g/mol. The highest BCUT2D eigenvalue weighted by molar-refractivity contribution is 14.1. The Hall–Kier alpha value is -1.15. The number of nitrogens with zero attached hydrogens (tertiary/aromatic N) is 3. The smallest absolute Gasteiger partial charge is 0.155 e. The van der Waals surface area contributed by atoms with Crippen molar-refractivity contribution < 1.29 is 0 Å². The Morgan fingerprint density at radius 2 is 2.29 bits per heavy atom. The summed E-state index contributed by atoms with van der Waals surface area (Å²) in [6.45, 7) is 0. The molecule has 0 aliphatic heterocycles. The summed E-state index contributed by atoms with van der Waals surface area (Å²) in [5.74, 6) is 6.62. The summed E-state index contributed by atoms with van der Waals surface area (Å²) in [6.07, 6.45) is 3.66. The molecule has 2 rings (SSSR count). The second-order valence-corrected chi connectivity index (χ2v) is 3.87. The Labute approximate surface area is 94.4 Å². The van der Waals surface area contributed by atoms with E-state index in [0.29, 0.717) is 5.82 Å². The molecule has 0 aliphatic rings. The maximum absolute atomic E-state index is 5.26. The molecule has 72 valence electrons. The van der Waals surface area contributed by atoms with E-state index in [1.807, 2.05) is 18.3 Å². The van der Waals surface area contributed by atoms with Crippen LogP contribution in [-0.2, 0) is 0 Å². The van der Waals surface area contributed by atoms with Crippen LogP contribution in [0.25, 0.3) is 5.82 Å². The average Bonchev–Trinajstić information content (AvgIpc) is 2.65. The van der Waals surface area contributed by atoms with Gasteiger partial charge in [-0.1, -0.05) is 6.07 Å². The van der Waals surface area contributed by atoms with Crippen molar-refractivity contribution in [2.24, 2.45) is 5.84 Å². The first kappa shape index (κ1) is 9.41. The molecule has 14 heavy (non-hydrogen) atoms. The highest BCUT2D eigenvalue weighted by Crippen LogP contribution is 2.09. The second-order valence-electron chi connectivity index (χ2n) is 2.63. The van der Waals surface area contributed by atoms with Gasteiger partial charge in [0.25, 0.3) is 0 Å². The summed E-state index contributed by atoms with van der Waals surface area (Å²) in [5, 5.41) is 4.14. The van der Waals surface area contributed by atoms with Crippen molar-refractivity contribution in [3.63, 3.8) is 0 Å². The van der Waals surface area contributed by atoms with Gasteiger partial charge in [-0.25, -0.2) is 15.5 Å². The average molecular weight is 301 g/mol. The molecule has 0 aliphatic carbocycles. The van der Waals surface area contributed by atoms with Crippen LogP contribution in [0, 0.1) is 3.57 Å². The molecule has 0 fully saturated rings. The lowest BCUT2D eigenvalue weighted by Crippen LogP contribution is -2.09. The molecular weight excluding hydrogens is 293 g/mol. The van der Waals surface area contributed by atoms with E-state index in [4.69, 9.17) is 5.84 Å². The van der Waals surface area contributed by atoms with E-state index in [0.717, 1.165) is 9.39 Å². The molecule has 0 saturated heterocycles. The van der Waals surface area contributed by atoms with Crippen LogP contribution < -0.4 is 11.3 Å². The number of anilines is 1.